The first-order valence-corrected chi connectivity index (χ1v) is 5.90. The minimum atomic E-state index is 0.252. The van der Waals surface area contributed by atoms with Crippen LogP contribution in [-0.4, -0.2) is 12.4 Å². The predicted octanol–water partition coefficient (Wildman–Crippen LogP) is 2.94. The smallest absolute Gasteiger partial charge is 0.161 e. The van der Waals surface area contributed by atoms with Gasteiger partial charge in [-0.25, -0.2) is 0 Å². The van der Waals surface area contributed by atoms with Crippen molar-refractivity contribution in [3.05, 3.63) is 34.3 Å². The van der Waals surface area contributed by atoms with Crippen molar-refractivity contribution in [1.82, 2.24) is 0 Å². The molecule has 0 bridgehead atoms. The third-order valence-corrected chi connectivity index (χ3v) is 3.27. The number of benzene rings is 1. The lowest BCUT2D eigenvalue weighted by Gasteiger charge is -2.05. The van der Waals surface area contributed by atoms with E-state index in [1.54, 1.807) is 0 Å². The van der Waals surface area contributed by atoms with Crippen molar-refractivity contribution < 1.29 is 9.53 Å². The van der Waals surface area contributed by atoms with E-state index in [-0.39, 0.29) is 12.4 Å². The summed E-state index contributed by atoms with van der Waals surface area (Å²) in [6, 6.07) is 7.89. The van der Waals surface area contributed by atoms with Crippen LogP contribution < -0.4 is 0 Å². The van der Waals surface area contributed by atoms with Crippen LogP contribution in [0.5, 0.6) is 0 Å². The molecule has 1 aliphatic rings. The molecule has 1 aromatic rings. The first-order valence-electron chi connectivity index (χ1n) is 5.11. The first kappa shape index (κ1) is 10.8. The maximum absolute atomic E-state index is 11.3. The van der Waals surface area contributed by atoms with Crippen LogP contribution >= 0.6 is 15.9 Å². The summed E-state index contributed by atoms with van der Waals surface area (Å²) in [6.45, 7) is 0.756. The number of carbonyl (C=O) groups is 1. The van der Waals surface area contributed by atoms with E-state index in [0.29, 0.717) is 12.5 Å². The van der Waals surface area contributed by atoms with E-state index in [0.717, 1.165) is 22.9 Å². The van der Waals surface area contributed by atoms with Crippen molar-refractivity contribution in [2.75, 3.05) is 6.61 Å². The van der Waals surface area contributed by atoms with Gasteiger partial charge in [-0.05, 0) is 24.5 Å². The summed E-state index contributed by atoms with van der Waals surface area (Å²) in [5.74, 6) is 0.547. The largest absolute Gasteiger partial charge is 0.369 e. The molecule has 0 atom stereocenters. The fraction of sp³-hybridized carbons (Fsp3) is 0.417. The van der Waals surface area contributed by atoms with Crippen LogP contribution in [0.3, 0.4) is 0 Å². The highest BCUT2D eigenvalue weighted by Gasteiger charge is 2.29. The van der Waals surface area contributed by atoms with Crippen molar-refractivity contribution in [3.63, 3.8) is 0 Å². The zero-order chi connectivity index (χ0) is 10.7. The molecule has 1 aliphatic carbocycles. The van der Waals surface area contributed by atoms with Gasteiger partial charge in [-0.1, -0.05) is 34.1 Å². The van der Waals surface area contributed by atoms with Crippen molar-refractivity contribution >= 4 is 21.7 Å². The molecule has 1 saturated carbocycles. The summed E-state index contributed by atoms with van der Waals surface area (Å²) >= 11 is 3.44. The maximum Gasteiger partial charge on any atom is 0.161 e. The zero-order valence-corrected chi connectivity index (χ0v) is 10.00. The van der Waals surface area contributed by atoms with Gasteiger partial charge in [0.05, 0.1) is 6.61 Å². The molecular formula is C12H13BrO2. The third-order valence-electron chi connectivity index (χ3n) is 2.49. The highest BCUT2D eigenvalue weighted by Crippen LogP contribution is 2.29. The molecule has 0 aliphatic heterocycles. The lowest BCUT2D eigenvalue weighted by molar-refractivity contribution is -0.125. The first-order chi connectivity index (χ1) is 7.27. The summed E-state index contributed by atoms with van der Waals surface area (Å²) in [6.07, 6.45) is 2.11. The second kappa shape index (κ2) is 4.90. The van der Waals surface area contributed by atoms with Crippen LogP contribution in [0, 0.1) is 5.92 Å². The predicted molar refractivity (Wildman–Crippen MR) is 61.5 cm³/mol. The molecule has 0 spiro atoms. The van der Waals surface area contributed by atoms with Crippen LogP contribution in [0.4, 0.5) is 0 Å². The molecule has 0 aromatic heterocycles. The molecule has 1 fully saturated rings. The molecule has 80 valence electrons. The molecular weight excluding hydrogens is 256 g/mol. The van der Waals surface area contributed by atoms with Gasteiger partial charge < -0.3 is 4.74 Å². The number of carbonyl (C=O) groups excluding carboxylic acids is 1. The lowest BCUT2D eigenvalue weighted by Crippen LogP contribution is -2.10. The molecule has 15 heavy (non-hydrogen) atoms. The third kappa shape index (κ3) is 3.14. The van der Waals surface area contributed by atoms with Gasteiger partial charge in [-0.15, -0.1) is 0 Å². The molecule has 0 unspecified atom stereocenters. The van der Waals surface area contributed by atoms with Gasteiger partial charge in [0.15, 0.2) is 5.78 Å². The Morgan fingerprint density at radius 1 is 1.40 bits per heavy atom. The number of ketones is 1. The van der Waals surface area contributed by atoms with E-state index in [1.807, 2.05) is 24.3 Å². The molecule has 2 nitrogen and oxygen atoms in total. The quantitative estimate of drug-likeness (QED) is 0.821. The van der Waals surface area contributed by atoms with E-state index in [4.69, 9.17) is 4.74 Å². The second-order valence-corrected chi connectivity index (χ2v) is 4.68. The number of rotatable bonds is 5. The summed E-state index contributed by atoms with van der Waals surface area (Å²) in [7, 11) is 0. The normalized spacial score (nSPS) is 15.3. The standard InChI is InChI=1S/C12H13BrO2/c13-11-4-2-1-3-10(11)7-15-8-12(14)9-5-6-9/h1-4,9H,5-8H2. The van der Waals surface area contributed by atoms with Gasteiger partial charge in [0.2, 0.25) is 0 Å². The summed E-state index contributed by atoms with van der Waals surface area (Å²) in [5.41, 5.74) is 1.08. The Kier molecular flexibility index (Phi) is 3.54. The molecule has 2 rings (SSSR count). The Morgan fingerprint density at radius 3 is 2.80 bits per heavy atom. The zero-order valence-electron chi connectivity index (χ0n) is 8.41. The SMILES string of the molecule is O=C(COCc1ccccc1Br)C1CC1. The average Bonchev–Trinajstić information content (AvgIpc) is 3.04. The maximum atomic E-state index is 11.3. The van der Waals surface area contributed by atoms with Gasteiger partial charge in [0.25, 0.3) is 0 Å². The van der Waals surface area contributed by atoms with Crippen LogP contribution in [-0.2, 0) is 16.1 Å². The Morgan fingerprint density at radius 2 is 2.13 bits per heavy atom. The highest BCUT2D eigenvalue weighted by molar-refractivity contribution is 9.10. The van der Waals surface area contributed by atoms with Gasteiger partial charge in [-0.3, -0.25) is 4.79 Å². The van der Waals surface area contributed by atoms with Gasteiger partial charge >= 0.3 is 0 Å². The Labute approximate surface area is 97.8 Å². The summed E-state index contributed by atoms with van der Waals surface area (Å²) in [5, 5.41) is 0. The Hall–Kier alpha value is -0.670. The fourth-order valence-corrected chi connectivity index (χ4v) is 1.80. The second-order valence-electron chi connectivity index (χ2n) is 3.82. The number of hydrogen-bond donors (Lipinski definition) is 0. The highest BCUT2D eigenvalue weighted by atomic mass is 79.9. The van der Waals surface area contributed by atoms with Crippen LogP contribution in [0.2, 0.25) is 0 Å². The minimum absolute atomic E-state index is 0.252. The number of halogens is 1. The van der Waals surface area contributed by atoms with E-state index in [9.17, 15) is 4.79 Å². The van der Waals surface area contributed by atoms with Gasteiger partial charge in [0, 0.05) is 10.4 Å². The van der Waals surface area contributed by atoms with Gasteiger partial charge in [0.1, 0.15) is 6.61 Å². The van der Waals surface area contributed by atoms with E-state index < -0.39 is 0 Å². The minimum Gasteiger partial charge on any atom is -0.369 e. The van der Waals surface area contributed by atoms with Crippen molar-refractivity contribution in [2.45, 2.75) is 19.4 Å². The molecule has 0 heterocycles. The number of hydrogen-bond acceptors (Lipinski definition) is 2. The van der Waals surface area contributed by atoms with Crippen LogP contribution in [0.25, 0.3) is 0 Å². The Bertz CT molecular complexity index is 358. The number of ether oxygens (including phenoxy) is 1. The van der Waals surface area contributed by atoms with Crippen molar-refractivity contribution in [1.29, 1.82) is 0 Å². The summed E-state index contributed by atoms with van der Waals surface area (Å²) < 4.78 is 6.42. The molecule has 0 saturated heterocycles. The molecule has 3 heteroatoms. The Balaban J connectivity index is 1.78. The summed E-state index contributed by atoms with van der Waals surface area (Å²) in [4.78, 5) is 11.3. The van der Waals surface area contributed by atoms with E-state index >= 15 is 0 Å². The number of Topliss-reactive ketones (excluding diaryl/α,β-unsaturated/α-hetero) is 1. The molecule has 0 amide bonds. The van der Waals surface area contributed by atoms with Crippen molar-refractivity contribution in [3.8, 4) is 0 Å². The lowest BCUT2D eigenvalue weighted by atomic mass is 10.2. The van der Waals surface area contributed by atoms with Crippen molar-refractivity contribution in [2.24, 2.45) is 5.92 Å². The topological polar surface area (TPSA) is 26.3 Å². The monoisotopic (exact) mass is 268 g/mol. The average molecular weight is 269 g/mol. The van der Waals surface area contributed by atoms with Crippen LogP contribution in [0.1, 0.15) is 18.4 Å². The van der Waals surface area contributed by atoms with Gasteiger partial charge in [-0.2, -0.15) is 0 Å². The fourth-order valence-electron chi connectivity index (χ4n) is 1.40. The van der Waals surface area contributed by atoms with E-state index in [2.05, 4.69) is 15.9 Å². The van der Waals surface area contributed by atoms with Crippen LogP contribution in [0.15, 0.2) is 28.7 Å². The molecule has 0 radical (unpaired) electrons. The van der Waals surface area contributed by atoms with E-state index in [1.165, 1.54) is 0 Å². The molecule has 0 N–H and O–H groups in total. The molecule has 1 aromatic carbocycles.